The molecule has 0 heterocycles. The number of nitrogens with one attached hydrogen (secondary N) is 2. The number of rotatable bonds is 9. The molecule has 0 radical (unpaired) electrons. The summed E-state index contributed by atoms with van der Waals surface area (Å²) in [6.07, 6.45) is 0.406. The van der Waals surface area contributed by atoms with Gasteiger partial charge in [-0.15, -0.1) is 0 Å². The van der Waals surface area contributed by atoms with Crippen LogP contribution in [0.15, 0.2) is 121 Å². The first kappa shape index (κ1) is 23.0. The van der Waals surface area contributed by atoms with Crippen LogP contribution in [0.2, 0.25) is 0 Å². The minimum absolute atomic E-state index is 0.201. The molecule has 0 aromatic heterocycles. The molecule has 0 aliphatic rings. The summed E-state index contributed by atoms with van der Waals surface area (Å²) in [6.45, 7) is 0.404. The van der Waals surface area contributed by atoms with Gasteiger partial charge in [0.05, 0.1) is 5.92 Å². The summed E-state index contributed by atoms with van der Waals surface area (Å²) in [5, 5.41) is 6.04. The van der Waals surface area contributed by atoms with E-state index >= 15 is 0 Å². The van der Waals surface area contributed by atoms with Gasteiger partial charge < -0.3 is 10.6 Å². The Morgan fingerprint density at radius 2 is 1.00 bits per heavy atom. The maximum Gasteiger partial charge on any atom is 0.243 e. The highest BCUT2D eigenvalue weighted by atomic mass is 16.2. The molecule has 4 heteroatoms. The molecule has 4 aromatic carbocycles. The third-order valence-corrected chi connectivity index (χ3v) is 5.75. The third-order valence-electron chi connectivity index (χ3n) is 5.75. The smallest absolute Gasteiger partial charge is 0.243 e. The van der Waals surface area contributed by atoms with Crippen molar-refractivity contribution in [3.8, 4) is 0 Å². The van der Waals surface area contributed by atoms with Gasteiger partial charge in [0, 0.05) is 13.0 Å². The lowest BCUT2D eigenvalue weighted by Gasteiger charge is -2.23. The van der Waals surface area contributed by atoms with E-state index in [0.29, 0.717) is 13.0 Å². The number of benzene rings is 4. The van der Waals surface area contributed by atoms with Crippen LogP contribution in [-0.2, 0) is 22.6 Å². The normalized spacial score (nSPS) is 11.6. The van der Waals surface area contributed by atoms with Crippen LogP contribution in [0.25, 0.3) is 0 Å². The predicted molar refractivity (Wildman–Crippen MR) is 135 cm³/mol. The fraction of sp³-hybridized carbons (Fsp3) is 0.133. The van der Waals surface area contributed by atoms with Gasteiger partial charge >= 0.3 is 0 Å². The van der Waals surface area contributed by atoms with E-state index in [0.717, 1.165) is 22.3 Å². The van der Waals surface area contributed by atoms with Crippen molar-refractivity contribution in [3.05, 3.63) is 144 Å². The molecule has 0 saturated carbocycles. The van der Waals surface area contributed by atoms with Gasteiger partial charge in [-0.1, -0.05) is 121 Å². The summed E-state index contributed by atoms with van der Waals surface area (Å²) in [5.41, 5.74) is 3.76. The van der Waals surface area contributed by atoms with Crippen molar-refractivity contribution in [2.24, 2.45) is 0 Å². The zero-order chi connectivity index (χ0) is 23.6. The third kappa shape index (κ3) is 6.20. The first-order valence-corrected chi connectivity index (χ1v) is 11.5. The largest absolute Gasteiger partial charge is 0.350 e. The quantitative estimate of drug-likeness (QED) is 0.384. The van der Waals surface area contributed by atoms with Crippen molar-refractivity contribution in [1.82, 2.24) is 10.6 Å². The van der Waals surface area contributed by atoms with E-state index in [1.165, 1.54) is 0 Å². The maximum atomic E-state index is 13.6. The fourth-order valence-electron chi connectivity index (χ4n) is 4.01. The van der Waals surface area contributed by atoms with Crippen LogP contribution < -0.4 is 10.6 Å². The summed E-state index contributed by atoms with van der Waals surface area (Å²) in [6, 6.07) is 38.1. The molecule has 0 aliphatic carbocycles. The van der Waals surface area contributed by atoms with Crippen molar-refractivity contribution in [2.45, 2.75) is 24.9 Å². The Balaban J connectivity index is 1.57. The summed E-state index contributed by atoms with van der Waals surface area (Å²) in [5.74, 6) is -0.920. The van der Waals surface area contributed by atoms with Crippen molar-refractivity contribution in [3.63, 3.8) is 0 Å². The Morgan fingerprint density at radius 3 is 1.50 bits per heavy atom. The zero-order valence-corrected chi connectivity index (χ0v) is 18.9. The fourth-order valence-corrected chi connectivity index (χ4v) is 4.01. The van der Waals surface area contributed by atoms with Gasteiger partial charge in [-0.2, -0.15) is 0 Å². The van der Waals surface area contributed by atoms with E-state index in [1.54, 1.807) is 0 Å². The molecular formula is C30H28N2O2. The van der Waals surface area contributed by atoms with E-state index in [-0.39, 0.29) is 11.8 Å². The van der Waals surface area contributed by atoms with Crippen LogP contribution in [-0.4, -0.2) is 17.9 Å². The van der Waals surface area contributed by atoms with Crippen LogP contribution in [0, 0.1) is 0 Å². The summed E-state index contributed by atoms with van der Waals surface area (Å²) in [4.78, 5) is 26.9. The monoisotopic (exact) mass is 448 g/mol. The van der Waals surface area contributed by atoms with Gasteiger partial charge in [0.15, 0.2) is 0 Å². The van der Waals surface area contributed by atoms with Gasteiger partial charge in [-0.25, -0.2) is 0 Å². The number of carbonyl (C=O) groups is 2. The molecule has 0 aliphatic heterocycles. The molecule has 4 nitrogen and oxygen atoms in total. The Morgan fingerprint density at radius 1 is 0.559 bits per heavy atom. The lowest BCUT2D eigenvalue weighted by Crippen LogP contribution is -2.49. The lowest BCUT2D eigenvalue weighted by molar-refractivity contribution is -0.129. The highest BCUT2D eigenvalue weighted by molar-refractivity contribution is 5.92. The highest BCUT2D eigenvalue weighted by Gasteiger charge is 2.28. The Kier molecular flexibility index (Phi) is 7.86. The van der Waals surface area contributed by atoms with Gasteiger partial charge in [0.2, 0.25) is 11.8 Å². The molecule has 0 bridgehead atoms. The average molecular weight is 449 g/mol. The second-order valence-electron chi connectivity index (χ2n) is 8.21. The minimum Gasteiger partial charge on any atom is -0.350 e. The molecule has 34 heavy (non-hydrogen) atoms. The standard InChI is InChI=1S/C30H28N2O2/c33-29(31-22-24-15-7-2-8-16-24)27(21-23-13-5-1-6-14-23)32-30(34)28(25-17-9-3-10-18-25)26-19-11-4-12-20-26/h1-20,27-28H,21-22H2,(H,31,33)(H,32,34)/t27-/m0/s1. The van der Waals surface area contributed by atoms with E-state index in [2.05, 4.69) is 10.6 Å². The highest BCUT2D eigenvalue weighted by Crippen LogP contribution is 2.25. The molecule has 4 rings (SSSR count). The molecule has 0 spiro atoms. The minimum atomic E-state index is -0.700. The number of carbonyl (C=O) groups excluding carboxylic acids is 2. The van der Waals surface area contributed by atoms with Gasteiger partial charge in [-0.05, 0) is 22.3 Å². The molecular weight excluding hydrogens is 420 g/mol. The molecule has 1 atom stereocenters. The molecule has 170 valence electrons. The second kappa shape index (κ2) is 11.6. The number of hydrogen-bond donors (Lipinski definition) is 2. The summed E-state index contributed by atoms with van der Waals surface area (Å²) >= 11 is 0. The molecule has 2 N–H and O–H groups in total. The second-order valence-corrected chi connectivity index (χ2v) is 8.21. The van der Waals surface area contributed by atoms with Gasteiger partial charge in [-0.3, -0.25) is 9.59 Å². The Bertz CT molecular complexity index is 1140. The number of hydrogen-bond acceptors (Lipinski definition) is 2. The molecule has 0 fully saturated rings. The first-order valence-electron chi connectivity index (χ1n) is 11.5. The maximum absolute atomic E-state index is 13.6. The topological polar surface area (TPSA) is 58.2 Å². The predicted octanol–water partition coefficient (Wildman–Crippen LogP) is 4.86. The first-order chi connectivity index (χ1) is 16.7. The van der Waals surface area contributed by atoms with Crippen LogP contribution in [0.5, 0.6) is 0 Å². The van der Waals surface area contributed by atoms with Crippen molar-refractivity contribution >= 4 is 11.8 Å². The van der Waals surface area contributed by atoms with Gasteiger partial charge in [0.1, 0.15) is 6.04 Å². The van der Waals surface area contributed by atoms with E-state index in [9.17, 15) is 9.59 Å². The van der Waals surface area contributed by atoms with Crippen LogP contribution in [0.3, 0.4) is 0 Å². The Hall–Kier alpha value is -4.18. The Labute approximate surface area is 200 Å². The molecule has 4 aromatic rings. The zero-order valence-electron chi connectivity index (χ0n) is 18.9. The summed E-state index contributed by atoms with van der Waals surface area (Å²) in [7, 11) is 0. The van der Waals surface area contributed by atoms with Crippen molar-refractivity contribution in [2.75, 3.05) is 0 Å². The van der Waals surface area contributed by atoms with E-state index in [4.69, 9.17) is 0 Å². The van der Waals surface area contributed by atoms with Crippen LogP contribution >= 0.6 is 0 Å². The molecule has 0 unspecified atom stereocenters. The summed E-state index contributed by atoms with van der Waals surface area (Å²) < 4.78 is 0. The van der Waals surface area contributed by atoms with E-state index in [1.807, 2.05) is 121 Å². The SMILES string of the molecule is O=C(N[C@@H](Cc1ccccc1)C(=O)NCc1ccccc1)C(c1ccccc1)c1ccccc1. The van der Waals surface area contributed by atoms with E-state index < -0.39 is 12.0 Å². The van der Waals surface area contributed by atoms with Crippen molar-refractivity contribution in [1.29, 1.82) is 0 Å². The van der Waals surface area contributed by atoms with Crippen LogP contribution in [0.1, 0.15) is 28.2 Å². The number of amides is 2. The van der Waals surface area contributed by atoms with Gasteiger partial charge in [0.25, 0.3) is 0 Å². The molecule has 2 amide bonds. The van der Waals surface area contributed by atoms with Crippen LogP contribution in [0.4, 0.5) is 0 Å². The molecule has 0 saturated heterocycles. The van der Waals surface area contributed by atoms with Crippen molar-refractivity contribution < 1.29 is 9.59 Å². The average Bonchev–Trinajstić information content (AvgIpc) is 2.89. The lowest BCUT2D eigenvalue weighted by atomic mass is 9.90.